The fourth-order valence-electron chi connectivity index (χ4n) is 2.78. The van der Waals surface area contributed by atoms with Crippen molar-refractivity contribution in [3.63, 3.8) is 0 Å². The zero-order chi connectivity index (χ0) is 15.1. The van der Waals surface area contributed by atoms with Crippen LogP contribution in [-0.4, -0.2) is 25.4 Å². The molecule has 2 heterocycles. The zero-order valence-corrected chi connectivity index (χ0v) is 12.1. The molecular formula is C16H15N3O2. The van der Waals surface area contributed by atoms with Crippen molar-refractivity contribution in [1.29, 1.82) is 0 Å². The Kier molecular flexibility index (Phi) is 2.97. The number of aryl methyl sites for hydroxylation is 3. The van der Waals surface area contributed by atoms with Gasteiger partial charge in [0.2, 0.25) is 0 Å². The predicted octanol–water partition coefficient (Wildman–Crippen LogP) is 3.02. The van der Waals surface area contributed by atoms with Crippen LogP contribution in [-0.2, 0) is 0 Å². The third-order valence-electron chi connectivity index (χ3n) is 3.51. The Balaban J connectivity index is 2.28. The van der Waals surface area contributed by atoms with Crippen LogP contribution in [0.2, 0.25) is 0 Å². The van der Waals surface area contributed by atoms with E-state index in [0.29, 0.717) is 5.65 Å². The number of hydrogen-bond donors (Lipinski definition) is 1. The topological polar surface area (TPSA) is 67.5 Å². The summed E-state index contributed by atoms with van der Waals surface area (Å²) in [6, 6.07) is 4.20. The second kappa shape index (κ2) is 4.70. The molecule has 0 aliphatic rings. The number of carbonyl (C=O) groups is 1. The third kappa shape index (κ3) is 2.16. The highest BCUT2D eigenvalue weighted by molar-refractivity contribution is 5.92. The Hall–Kier alpha value is -2.69. The van der Waals surface area contributed by atoms with Crippen LogP contribution in [0.15, 0.2) is 30.7 Å². The maximum atomic E-state index is 11.2. The molecule has 0 unspecified atom stereocenters. The van der Waals surface area contributed by atoms with E-state index in [0.717, 1.165) is 22.4 Å². The molecule has 106 valence electrons. The van der Waals surface area contributed by atoms with Crippen molar-refractivity contribution in [1.82, 2.24) is 14.4 Å². The molecule has 5 heteroatoms. The highest BCUT2D eigenvalue weighted by Crippen LogP contribution is 2.28. The van der Waals surface area contributed by atoms with Crippen LogP contribution in [0.4, 0.5) is 0 Å². The lowest BCUT2D eigenvalue weighted by atomic mass is 9.98. The maximum absolute atomic E-state index is 11.2. The number of fused-ring (bicyclic) bond motifs is 1. The van der Waals surface area contributed by atoms with Crippen molar-refractivity contribution in [2.24, 2.45) is 0 Å². The summed E-state index contributed by atoms with van der Waals surface area (Å²) < 4.78 is 1.70. The molecule has 0 amide bonds. The van der Waals surface area contributed by atoms with Crippen molar-refractivity contribution >= 4 is 11.6 Å². The molecule has 0 spiro atoms. The quantitative estimate of drug-likeness (QED) is 0.784. The molecule has 0 aliphatic carbocycles. The number of hydrogen-bond acceptors (Lipinski definition) is 3. The van der Waals surface area contributed by atoms with Crippen molar-refractivity contribution in [2.45, 2.75) is 20.8 Å². The maximum Gasteiger partial charge on any atom is 0.358 e. The van der Waals surface area contributed by atoms with Crippen LogP contribution in [0.1, 0.15) is 27.2 Å². The molecule has 0 atom stereocenters. The summed E-state index contributed by atoms with van der Waals surface area (Å²) in [7, 11) is 0. The number of nitrogens with zero attached hydrogens (tertiary/aromatic N) is 3. The number of aromatic carboxylic acids is 1. The molecule has 0 saturated heterocycles. The minimum absolute atomic E-state index is 0.0360. The van der Waals surface area contributed by atoms with E-state index in [4.69, 9.17) is 0 Å². The van der Waals surface area contributed by atoms with Crippen LogP contribution in [0.5, 0.6) is 0 Å². The first kappa shape index (κ1) is 13.3. The molecule has 0 fully saturated rings. The summed E-state index contributed by atoms with van der Waals surface area (Å²) in [5, 5.41) is 9.19. The SMILES string of the molecule is Cc1cc(C)c(-c2cn3ccnc(C(=O)O)c3n2)c(C)c1. The van der Waals surface area contributed by atoms with Gasteiger partial charge in [-0.2, -0.15) is 0 Å². The summed E-state index contributed by atoms with van der Waals surface area (Å²) >= 11 is 0. The summed E-state index contributed by atoms with van der Waals surface area (Å²) in [6.45, 7) is 6.13. The van der Waals surface area contributed by atoms with Crippen molar-refractivity contribution in [2.75, 3.05) is 0 Å². The Morgan fingerprint density at radius 2 is 1.86 bits per heavy atom. The minimum Gasteiger partial charge on any atom is -0.476 e. The van der Waals surface area contributed by atoms with E-state index in [-0.39, 0.29) is 5.69 Å². The van der Waals surface area contributed by atoms with Gasteiger partial charge in [-0.15, -0.1) is 0 Å². The Bertz CT molecular complexity index is 842. The number of imidazole rings is 1. The van der Waals surface area contributed by atoms with Gasteiger partial charge in [0.1, 0.15) is 0 Å². The van der Waals surface area contributed by atoms with Gasteiger partial charge in [-0.25, -0.2) is 14.8 Å². The third-order valence-corrected chi connectivity index (χ3v) is 3.51. The van der Waals surface area contributed by atoms with E-state index >= 15 is 0 Å². The Morgan fingerprint density at radius 1 is 1.19 bits per heavy atom. The van der Waals surface area contributed by atoms with Gasteiger partial charge in [0.15, 0.2) is 11.3 Å². The lowest BCUT2D eigenvalue weighted by molar-refractivity contribution is 0.0692. The largest absolute Gasteiger partial charge is 0.476 e. The second-order valence-corrected chi connectivity index (χ2v) is 5.21. The number of carboxylic acid groups (broad SMARTS) is 1. The lowest BCUT2D eigenvalue weighted by Gasteiger charge is -2.08. The summed E-state index contributed by atoms with van der Waals surface area (Å²) in [5.74, 6) is -1.07. The van der Waals surface area contributed by atoms with Gasteiger partial charge in [0.25, 0.3) is 0 Å². The molecule has 5 nitrogen and oxygen atoms in total. The first-order valence-electron chi connectivity index (χ1n) is 6.62. The van der Waals surface area contributed by atoms with E-state index in [1.54, 1.807) is 10.6 Å². The van der Waals surface area contributed by atoms with Crippen LogP contribution < -0.4 is 0 Å². The fraction of sp³-hybridized carbons (Fsp3) is 0.188. The molecule has 0 saturated carbocycles. The Labute approximate surface area is 121 Å². The monoisotopic (exact) mass is 281 g/mol. The van der Waals surface area contributed by atoms with E-state index in [1.165, 1.54) is 11.8 Å². The number of benzene rings is 1. The van der Waals surface area contributed by atoms with E-state index in [9.17, 15) is 9.90 Å². The smallest absolute Gasteiger partial charge is 0.358 e. The first-order valence-corrected chi connectivity index (χ1v) is 6.62. The molecule has 1 aromatic carbocycles. The molecule has 1 N–H and O–H groups in total. The predicted molar refractivity (Wildman–Crippen MR) is 79.6 cm³/mol. The van der Waals surface area contributed by atoms with E-state index < -0.39 is 5.97 Å². The molecule has 2 aromatic heterocycles. The van der Waals surface area contributed by atoms with Gasteiger partial charge in [0, 0.05) is 24.2 Å². The average molecular weight is 281 g/mol. The minimum atomic E-state index is -1.07. The highest BCUT2D eigenvalue weighted by Gasteiger charge is 2.16. The number of rotatable bonds is 2. The summed E-state index contributed by atoms with van der Waals surface area (Å²) in [6.07, 6.45) is 5.02. The summed E-state index contributed by atoms with van der Waals surface area (Å²) in [4.78, 5) is 19.6. The zero-order valence-electron chi connectivity index (χ0n) is 12.1. The van der Waals surface area contributed by atoms with E-state index in [2.05, 4.69) is 29.0 Å². The van der Waals surface area contributed by atoms with Gasteiger partial charge in [-0.1, -0.05) is 17.7 Å². The fourth-order valence-corrected chi connectivity index (χ4v) is 2.78. The van der Waals surface area contributed by atoms with Gasteiger partial charge >= 0.3 is 5.97 Å². The van der Waals surface area contributed by atoms with Gasteiger partial charge in [0.05, 0.1) is 5.69 Å². The van der Waals surface area contributed by atoms with Crippen molar-refractivity contribution in [3.05, 3.63) is 53.1 Å². The molecule has 0 radical (unpaired) electrons. The number of aromatic nitrogens is 3. The molecule has 0 bridgehead atoms. The first-order chi connectivity index (χ1) is 9.97. The number of carboxylic acids is 1. The molecule has 3 aromatic rings. The molecule has 3 rings (SSSR count). The van der Waals surface area contributed by atoms with Gasteiger partial charge in [-0.05, 0) is 31.9 Å². The van der Waals surface area contributed by atoms with Crippen molar-refractivity contribution in [3.8, 4) is 11.3 Å². The molecular weight excluding hydrogens is 266 g/mol. The lowest BCUT2D eigenvalue weighted by Crippen LogP contribution is -2.03. The molecule has 0 aliphatic heterocycles. The van der Waals surface area contributed by atoms with Crippen molar-refractivity contribution < 1.29 is 9.90 Å². The normalized spacial score (nSPS) is 11.0. The molecule has 21 heavy (non-hydrogen) atoms. The van der Waals surface area contributed by atoms with E-state index in [1.807, 2.05) is 20.0 Å². The van der Waals surface area contributed by atoms with Gasteiger partial charge < -0.3 is 9.51 Å². The second-order valence-electron chi connectivity index (χ2n) is 5.21. The van der Waals surface area contributed by atoms with Crippen LogP contribution in [0.3, 0.4) is 0 Å². The van der Waals surface area contributed by atoms with Crippen LogP contribution in [0.25, 0.3) is 16.9 Å². The highest BCUT2D eigenvalue weighted by atomic mass is 16.4. The average Bonchev–Trinajstić information content (AvgIpc) is 2.79. The van der Waals surface area contributed by atoms with Gasteiger partial charge in [-0.3, -0.25) is 0 Å². The standard InChI is InChI=1S/C16H15N3O2/c1-9-6-10(2)13(11(3)7-9)12-8-19-5-4-17-14(16(20)21)15(19)18-12/h4-8H,1-3H3,(H,20,21). The Morgan fingerprint density at radius 3 is 2.48 bits per heavy atom. The summed E-state index contributed by atoms with van der Waals surface area (Å²) in [5.41, 5.74) is 5.58. The van der Waals surface area contributed by atoms with Crippen LogP contribution in [0, 0.1) is 20.8 Å². The van der Waals surface area contributed by atoms with Crippen LogP contribution >= 0.6 is 0 Å².